The Hall–Kier alpha value is -2.57. The maximum Gasteiger partial charge on any atom is 0.229 e. The molecule has 0 radical (unpaired) electrons. The highest BCUT2D eigenvalue weighted by Gasteiger charge is 2.67. The predicted molar refractivity (Wildman–Crippen MR) is 190 cm³/mol. The Morgan fingerprint density at radius 2 is 2.00 bits per heavy atom. The van der Waals surface area contributed by atoms with Gasteiger partial charge in [0.1, 0.15) is 10.5 Å². The molecular weight excluding hydrogens is 664 g/mol. The fraction of sp³-hybridized carbons (Fsp3) is 0.553. The van der Waals surface area contributed by atoms with E-state index < -0.39 is 5.82 Å². The monoisotopic (exact) mass is 703 g/mol. The zero-order valence-electron chi connectivity index (χ0n) is 27.7. The first-order valence-corrected chi connectivity index (χ1v) is 19.5. The molecule has 1 amide bonds. The van der Waals surface area contributed by atoms with Crippen LogP contribution in [0.5, 0.6) is 0 Å². The summed E-state index contributed by atoms with van der Waals surface area (Å²) in [6.07, 6.45) is 6.74. The Kier molecular flexibility index (Phi) is 7.17. The SMILES string of the molecule is CSc1nc2c(F)c(-c3cccc(Cl)c3Cl)c(CCC#N)cc2c2c1C(C)C([C@H]1C[C@@H]3C([C@@H]3C)N1C(=O)C1(C)CC1)N2[C@H]1[C@H]2CN[C@@H]1C2. The summed E-state index contributed by atoms with van der Waals surface area (Å²) in [5, 5.41) is 15.7. The number of nitriles is 1. The highest BCUT2D eigenvalue weighted by molar-refractivity contribution is 7.98. The summed E-state index contributed by atoms with van der Waals surface area (Å²) in [7, 11) is 0. The Balaban J connectivity index is 1.27. The summed E-state index contributed by atoms with van der Waals surface area (Å²) >= 11 is 14.7. The molecule has 3 saturated carbocycles. The second kappa shape index (κ2) is 11.0. The quantitative estimate of drug-likeness (QED) is 0.250. The number of piperidine rings is 1. The molecule has 1 aromatic heterocycles. The number of rotatable bonds is 7. The number of nitrogens with one attached hydrogen (secondary N) is 1. The maximum absolute atomic E-state index is 17.3. The first kappa shape index (κ1) is 31.4. The van der Waals surface area contributed by atoms with E-state index >= 15 is 4.39 Å². The Bertz CT molecular complexity index is 1930. The molecule has 1 N–H and O–H groups in total. The maximum atomic E-state index is 17.3. The van der Waals surface area contributed by atoms with Gasteiger partial charge in [-0.2, -0.15) is 5.26 Å². The zero-order chi connectivity index (χ0) is 33.4. The lowest BCUT2D eigenvalue weighted by atomic mass is 9.77. The van der Waals surface area contributed by atoms with Gasteiger partial charge in [0.05, 0.1) is 33.9 Å². The third-order valence-electron chi connectivity index (χ3n) is 13.0. The second-order valence-electron chi connectivity index (χ2n) is 15.5. The summed E-state index contributed by atoms with van der Waals surface area (Å²) in [5.41, 5.74) is 3.94. The van der Waals surface area contributed by atoms with Crippen LogP contribution in [0.15, 0.2) is 29.3 Å². The van der Waals surface area contributed by atoms with E-state index in [-0.39, 0.29) is 40.9 Å². The minimum absolute atomic E-state index is 0.0764. The number of halogens is 3. The van der Waals surface area contributed by atoms with Gasteiger partial charge in [-0.05, 0) is 73.8 Å². The number of carbonyl (C=O) groups is 1. The number of hydrogen-bond acceptors (Lipinski definition) is 6. The number of nitrogens with zero attached hydrogens (tertiary/aromatic N) is 4. The molecule has 5 heterocycles. The summed E-state index contributed by atoms with van der Waals surface area (Å²) in [6.45, 7) is 7.74. The molecule has 3 aromatic rings. The van der Waals surface area contributed by atoms with Gasteiger partial charge in [0, 0.05) is 64.5 Å². The number of hydrogen-bond donors (Lipinski definition) is 1. The van der Waals surface area contributed by atoms with Crippen molar-refractivity contribution in [1.29, 1.82) is 5.26 Å². The standard InChI is InChI=1S/C38H40Cl2FN5OS/c1-17-22-15-26(45(32(17)22)37(47)38(3)10-11-38)33-18(2)27-35(46(33)34-20-14-25(34)43-16-20)23-13-19(7-6-12-42)28(21-8-5-9-24(39)29(21)40)30(41)31(23)44-36(27)48-4/h5,8-9,13,17-18,20,22,25-26,32-34,43H,6-7,10-11,14-16H2,1-4H3/t17-,18?,20-,22+,25-,26-,32?,33?,34+/m1/s1. The summed E-state index contributed by atoms with van der Waals surface area (Å²) in [4.78, 5) is 24.4. The van der Waals surface area contributed by atoms with E-state index in [0.29, 0.717) is 63.8 Å². The molecule has 3 saturated heterocycles. The van der Waals surface area contributed by atoms with Crippen LogP contribution >= 0.6 is 35.0 Å². The summed E-state index contributed by atoms with van der Waals surface area (Å²) < 4.78 is 17.3. The van der Waals surface area contributed by atoms with Gasteiger partial charge in [-0.15, -0.1) is 11.8 Å². The molecule has 2 bridgehead atoms. The summed E-state index contributed by atoms with van der Waals surface area (Å²) in [6, 6.07) is 10.7. The van der Waals surface area contributed by atoms with E-state index in [1.807, 2.05) is 6.26 Å². The van der Waals surface area contributed by atoms with Gasteiger partial charge in [-0.1, -0.05) is 56.1 Å². The minimum Gasteiger partial charge on any atom is -0.360 e. The lowest BCUT2D eigenvalue weighted by molar-refractivity contribution is -0.139. The lowest BCUT2D eigenvalue weighted by Gasteiger charge is -2.50. The third-order valence-corrected chi connectivity index (χ3v) is 14.5. The smallest absolute Gasteiger partial charge is 0.229 e. The number of thioether (sulfide) groups is 1. The van der Waals surface area contributed by atoms with Crippen LogP contribution < -0.4 is 10.2 Å². The number of benzene rings is 2. The fourth-order valence-electron chi connectivity index (χ4n) is 10.2. The number of aryl methyl sites for hydroxylation is 1. The Labute approximate surface area is 295 Å². The third kappa shape index (κ3) is 4.26. The highest BCUT2D eigenvalue weighted by Crippen LogP contribution is 2.62. The molecule has 48 heavy (non-hydrogen) atoms. The van der Waals surface area contributed by atoms with Crippen molar-refractivity contribution in [2.45, 2.75) is 100 Å². The van der Waals surface area contributed by atoms with Crippen LogP contribution in [-0.2, 0) is 11.2 Å². The van der Waals surface area contributed by atoms with E-state index in [1.165, 1.54) is 5.56 Å². The average Bonchev–Trinajstić information content (AvgIpc) is 3.59. The van der Waals surface area contributed by atoms with Gasteiger partial charge >= 0.3 is 0 Å². The van der Waals surface area contributed by atoms with Crippen molar-refractivity contribution in [1.82, 2.24) is 15.2 Å². The number of anilines is 1. The first-order valence-electron chi connectivity index (χ1n) is 17.5. The van der Waals surface area contributed by atoms with Crippen molar-refractivity contribution in [2.75, 3.05) is 17.7 Å². The topological polar surface area (TPSA) is 72.3 Å². The second-order valence-corrected chi connectivity index (χ2v) is 17.1. The van der Waals surface area contributed by atoms with Crippen LogP contribution in [0.4, 0.5) is 10.1 Å². The van der Waals surface area contributed by atoms with Crippen molar-refractivity contribution in [2.24, 2.45) is 23.2 Å². The van der Waals surface area contributed by atoms with Gasteiger partial charge in [0.15, 0.2) is 5.82 Å². The van der Waals surface area contributed by atoms with Crippen molar-refractivity contribution < 1.29 is 9.18 Å². The molecule has 0 spiro atoms. The molecule has 10 heteroatoms. The van der Waals surface area contributed by atoms with E-state index in [2.05, 4.69) is 48.0 Å². The van der Waals surface area contributed by atoms with E-state index in [1.54, 1.807) is 30.0 Å². The number of carbonyl (C=O) groups excluding carboxylic acids is 1. The zero-order valence-corrected chi connectivity index (χ0v) is 30.0. The normalized spacial score (nSPS) is 33.4. The van der Waals surface area contributed by atoms with E-state index in [0.717, 1.165) is 53.9 Å². The van der Waals surface area contributed by atoms with Crippen LogP contribution in [0.25, 0.3) is 22.0 Å². The molecule has 6 nitrogen and oxygen atoms in total. The molecule has 3 aliphatic carbocycles. The predicted octanol–water partition coefficient (Wildman–Crippen LogP) is 8.21. The number of likely N-dealkylation sites (tertiary alicyclic amines) is 1. The number of fused-ring (bicyclic) bond motifs is 5. The Morgan fingerprint density at radius 1 is 1.21 bits per heavy atom. The molecule has 9 atom stereocenters. The molecule has 4 aliphatic heterocycles. The molecule has 250 valence electrons. The average molecular weight is 705 g/mol. The van der Waals surface area contributed by atoms with E-state index in [9.17, 15) is 10.1 Å². The highest BCUT2D eigenvalue weighted by atomic mass is 35.5. The molecule has 6 fully saturated rings. The number of aromatic nitrogens is 1. The van der Waals surface area contributed by atoms with Gasteiger partial charge < -0.3 is 15.1 Å². The van der Waals surface area contributed by atoms with Gasteiger partial charge in [-0.25, -0.2) is 9.37 Å². The van der Waals surface area contributed by atoms with Gasteiger partial charge in [-0.3, -0.25) is 4.79 Å². The lowest BCUT2D eigenvalue weighted by Crippen LogP contribution is -2.62. The number of amides is 1. The molecular formula is C38H40Cl2FN5OS. The molecule has 3 unspecified atom stereocenters. The van der Waals surface area contributed by atoms with Crippen LogP contribution in [0.1, 0.15) is 69.9 Å². The van der Waals surface area contributed by atoms with E-state index in [4.69, 9.17) is 28.2 Å². The van der Waals surface area contributed by atoms with Crippen molar-refractivity contribution in [3.8, 4) is 17.2 Å². The van der Waals surface area contributed by atoms with Crippen molar-refractivity contribution in [3.63, 3.8) is 0 Å². The van der Waals surface area contributed by atoms with Crippen molar-refractivity contribution in [3.05, 3.63) is 51.3 Å². The van der Waals surface area contributed by atoms with Gasteiger partial charge in [0.25, 0.3) is 0 Å². The largest absolute Gasteiger partial charge is 0.360 e. The molecule has 10 rings (SSSR count). The first-order chi connectivity index (χ1) is 23.1. The summed E-state index contributed by atoms with van der Waals surface area (Å²) in [5.74, 6) is 1.60. The van der Waals surface area contributed by atoms with Crippen LogP contribution in [0.3, 0.4) is 0 Å². The van der Waals surface area contributed by atoms with Gasteiger partial charge in [0.2, 0.25) is 5.91 Å². The van der Waals surface area contributed by atoms with Crippen LogP contribution in [-0.4, -0.2) is 58.8 Å². The van der Waals surface area contributed by atoms with Crippen molar-refractivity contribution >= 4 is 57.5 Å². The number of pyridine rings is 1. The molecule has 2 aromatic carbocycles. The van der Waals surface area contributed by atoms with Crippen LogP contribution in [0, 0.1) is 40.3 Å². The minimum atomic E-state index is -0.428. The molecule has 7 aliphatic rings. The Morgan fingerprint density at radius 3 is 2.67 bits per heavy atom. The van der Waals surface area contributed by atoms with Crippen LogP contribution in [0.2, 0.25) is 10.0 Å². The fourth-order valence-corrected chi connectivity index (χ4v) is 11.2.